The van der Waals surface area contributed by atoms with Crippen LogP contribution in [0.3, 0.4) is 0 Å². The van der Waals surface area contributed by atoms with Gasteiger partial charge in [-0.05, 0) is 24.2 Å². The van der Waals surface area contributed by atoms with Crippen molar-refractivity contribution in [3.8, 4) is 0 Å². The Hall–Kier alpha value is 0.160. The molecule has 1 aliphatic heterocycles. The molecule has 1 atom stereocenters. The maximum absolute atomic E-state index is 12.2. The minimum absolute atomic E-state index is 0. The molecule has 1 aliphatic rings. The van der Waals surface area contributed by atoms with Crippen LogP contribution in [0.4, 0.5) is 0 Å². The first-order valence-corrected chi connectivity index (χ1v) is 7.99. The van der Waals surface area contributed by atoms with Crippen LogP contribution in [0.5, 0.6) is 0 Å². The number of hydrogen-bond acceptors (Lipinski definition) is 3. The molecule has 18 heavy (non-hydrogen) atoms. The van der Waals surface area contributed by atoms with Crippen molar-refractivity contribution in [1.82, 2.24) is 4.31 Å². The maximum Gasteiger partial charge on any atom is 0.214 e. The monoisotopic (exact) mass is 298 g/mol. The van der Waals surface area contributed by atoms with E-state index in [0.29, 0.717) is 19.0 Å². The summed E-state index contributed by atoms with van der Waals surface area (Å²) in [6.45, 7) is 9.31. The van der Waals surface area contributed by atoms with E-state index in [2.05, 4.69) is 0 Å². The summed E-state index contributed by atoms with van der Waals surface area (Å²) in [5, 5.41) is 0. The Kier molecular flexibility index (Phi) is 6.61. The van der Waals surface area contributed by atoms with Gasteiger partial charge in [-0.1, -0.05) is 27.7 Å². The van der Waals surface area contributed by atoms with Crippen molar-refractivity contribution in [1.29, 1.82) is 0 Å². The molecule has 0 bridgehead atoms. The topological polar surface area (TPSA) is 63.4 Å². The molecule has 0 aromatic carbocycles. The quantitative estimate of drug-likeness (QED) is 0.861. The van der Waals surface area contributed by atoms with Crippen LogP contribution in [-0.4, -0.2) is 37.6 Å². The fraction of sp³-hybridized carbons (Fsp3) is 1.00. The predicted octanol–water partition coefficient (Wildman–Crippen LogP) is 1.84. The Bertz CT molecular complexity index is 355. The summed E-state index contributed by atoms with van der Waals surface area (Å²) in [5.41, 5.74) is 5.90. The first kappa shape index (κ1) is 18.2. The van der Waals surface area contributed by atoms with Crippen LogP contribution in [0.15, 0.2) is 0 Å². The van der Waals surface area contributed by atoms with E-state index in [-0.39, 0.29) is 29.6 Å². The molecular formula is C12H27ClN2O2S. The smallest absolute Gasteiger partial charge is 0.214 e. The van der Waals surface area contributed by atoms with Crippen LogP contribution < -0.4 is 5.73 Å². The highest BCUT2D eigenvalue weighted by Gasteiger charge is 2.37. The molecule has 0 spiro atoms. The van der Waals surface area contributed by atoms with Gasteiger partial charge in [-0.15, -0.1) is 12.4 Å². The van der Waals surface area contributed by atoms with Gasteiger partial charge in [-0.2, -0.15) is 0 Å². The van der Waals surface area contributed by atoms with E-state index < -0.39 is 10.0 Å². The first-order chi connectivity index (χ1) is 7.65. The van der Waals surface area contributed by atoms with Gasteiger partial charge < -0.3 is 5.73 Å². The third-order valence-corrected chi connectivity index (χ3v) is 5.47. The highest BCUT2D eigenvalue weighted by Crippen LogP contribution is 2.29. The third-order valence-electron chi connectivity index (χ3n) is 3.62. The van der Waals surface area contributed by atoms with E-state index >= 15 is 0 Å². The summed E-state index contributed by atoms with van der Waals surface area (Å²) in [6, 6.07) is 0.0963. The molecule has 1 saturated heterocycles. The van der Waals surface area contributed by atoms with Crippen molar-refractivity contribution >= 4 is 22.4 Å². The fourth-order valence-electron chi connectivity index (χ4n) is 2.08. The van der Waals surface area contributed by atoms with Crippen LogP contribution >= 0.6 is 12.4 Å². The van der Waals surface area contributed by atoms with Crippen molar-refractivity contribution in [2.24, 2.45) is 17.1 Å². The number of piperidine rings is 1. The highest BCUT2D eigenvalue weighted by molar-refractivity contribution is 7.89. The van der Waals surface area contributed by atoms with Crippen molar-refractivity contribution in [3.63, 3.8) is 0 Å². The minimum Gasteiger partial charge on any atom is -0.327 e. The normalized spacial score (nSPS) is 24.9. The standard InChI is InChI=1S/C12H26N2O2S.ClH/c1-10(2)6-8-17(15,16)14-7-5-11(13)12(3,4)9-14;/h10-11H,5-9,13H2,1-4H3;1H. The van der Waals surface area contributed by atoms with Gasteiger partial charge in [0.05, 0.1) is 5.75 Å². The van der Waals surface area contributed by atoms with Crippen molar-refractivity contribution in [2.45, 2.75) is 46.6 Å². The van der Waals surface area contributed by atoms with Gasteiger partial charge in [0.2, 0.25) is 10.0 Å². The van der Waals surface area contributed by atoms with Gasteiger partial charge >= 0.3 is 0 Å². The Morgan fingerprint density at radius 2 is 1.94 bits per heavy atom. The second-order valence-corrected chi connectivity index (χ2v) is 8.30. The molecular weight excluding hydrogens is 272 g/mol. The molecule has 4 nitrogen and oxygen atoms in total. The number of hydrogen-bond donors (Lipinski definition) is 1. The summed E-state index contributed by atoms with van der Waals surface area (Å²) >= 11 is 0. The summed E-state index contributed by atoms with van der Waals surface area (Å²) in [6.07, 6.45) is 1.49. The van der Waals surface area contributed by atoms with Crippen molar-refractivity contribution in [3.05, 3.63) is 0 Å². The van der Waals surface area contributed by atoms with Gasteiger partial charge in [0.15, 0.2) is 0 Å². The van der Waals surface area contributed by atoms with E-state index in [1.165, 1.54) is 0 Å². The molecule has 1 fully saturated rings. The number of halogens is 1. The Labute approximate surface area is 118 Å². The van der Waals surface area contributed by atoms with Crippen LogP contribution in [0.1, 0.15) is 40.5 Å². The first-order valence-electron chi connectivity index (χ1n) is 6.38. The summed E-state index contributed by atoms with van der Waals surface area (Å²) in [5.74, 6) is 0.681. The van der Waals surface area contributed by atoms with Gasteiger partial charge in [-0.3, -0.25) is 0 Å². The highest BCUT2D eigenvalue weighted by atomic mass is 35.5. The number of nitrogens with zero attached hydrogens (tertiary/aromatic N) is 1. The van der Waals surface area contributed by atoms with Gasteiger partial charge in [0.1, 0.15) is 0 Å². The van der Waals surface area contributed by atoms with E-state index in [0.717, 1.165) is 12.8 Å². The second kappa shape index (κ2) is 6.55. The Balaban J connectivity index is 0.00000289. The summed E-state index contributed by atoms with van der Waals surface area (Å²) in [7, 11) is -3.10. The lowest BCUT2D eigenvalue weighted by Crippen LogP contribution is -2.54. The van der Waals surface area contributed by atoms with Crippen LogP contribution in [-0.2, 0) is 10.0 Å². The molecule has 1 rings (SSSR count). The van der Waals surface area contributed by atoms with Crippen LogP contribution in [0.2, 0.25) is 0 Å². The Morgan fingerprint density at radius 1 is 1.39 bits per heavy atom. The van der Waals surface area contributed by atoms with Crippen LogP contribution in [0, 0.1) is 11.3 Å². The number of sulfonamides is 1. The lowest BCUT2D eigenvalue weighted by atomic mass is 9.81. The molecule has 0 aromatic heterocycles. The summed E-state index contributed by atoms with van der Waals surface area (Å²) < 4.78 is 26.0. The van der Waals surface area contributed by atoms with Gasteiger partial charge in [0.25, 0.3) is 0 Å². The molecule has 0 amide bonds. The zero-order valence-corrected chi connectivity index (χ0v) is 13.5. The van der Waals surface area contributed by atoms with Crippen molar-refractivity contribution in [2.75, 3.05) is 18.8 Å². The maximum atomic E-state index is 12.2. The van der Waals surface area contributed by atoms with E-state index in [1.54, 1.807) is 4.31 Å². The number of rotatable bonds is 4. The zero-order chi connectivity index (χ0) is 13.3. The molecule has 1 unspecified atom stereocenters. The molecule has 110 valence electrons. The van der Waals surface area contributed by atoms with Gasteiger partial charge in [-0.25, -0.2) is 12.7 Å². The van der Waals surface area contributed by atoms with E-state index in [9.17, 15) is 8.42 Å². The van der Waals surface area contributed by atoms with Gasteiger partial charge in [0, 0.05) is 19.1 Å². The predicted molar refractivity (Wildman–Crippen MR) is 78.4 cm³/mol. The van der Waals surface area contributed by atoms with Crippen LogP contribution in [0.25, 0.3) is 0 Å². The molecule has 0 aromatic rings. The molecule has 6 heteroatoms. The molecule has 2 N–H and O–H groups in total. The van der Waals surface area contributed by atoms with E-state index in [1.807, 2.05) is 27.7 Å². The zero-order valence-electron chi connectivity index (χ0n) is 11.8. The third kappa shape index (κ3) is 4.68. The molecule has 0 saturated carbocycles. The fourth-order valence-corrected chi connectivity index (χ4v) is 4.02. The lowest BCUT2D eigenvalue weighted by molar-refractivity contribution is 0.155. The largest absolute Gasteiger partial charge is 0.327 e. The van der Waals surface area contributed by atoms with Crippen molar-refractivity contribution < 1.29 is 8.42 Å². The average molecular weight is 299 g/mol. The molecule has 0 aliphatic carbocycles. The molecule has 0 radical (unpaired) electrons. The lowest BCUT2D eigenvalue weighted by Gasteiger charge is -2.41. The Morgan fingerprint density at radius 3 is 2.39 bits per heavy atom. The second-order valence-electron chi connectivity index (χ2n) is 6.22. The summed E-state index contributed by atoms with van der Waals surface area (Å²) in [4.78, 5) is 0. The SMILES string of the molecule is CC(C)CCS(=O)(=O)N1CCC(N)C(C)(C)C1.Cl. The minimum atomic E-state index is -3.10. The van der Waals surface area contributed by atoms with E-state index in [4.69, 9.17) is 5.73 Å². The molecule has 1 heterocycles. The number of nitrogens with two attached hydrogens (primary N) is 1. The average Bonchev–Trinajstić information content (AvgIpc) is 2.19.